The second kappa shape index (κ2) is 9.83. The van der Waals surface area contributed by atoms with Crippen LogP contribution in [-0.2, 0) is 11.3 Å². The van der Waals surface area contributed by atoms with Crippen molar-refractivity contribution in [3.05, 3.63) is 65.0 Å². The van der Waals surface area contributed by atoms with Crippen LogP contribution in [0.2, 0.25) is 0 Å². The Kier molecular flexibility index (Phi) is 6.37. The number of aliphatic hydroxyl groups is 1. The summed E-state index contributed by atoms with van der Waals surface area (Å²) in [7, 11) is 0. The van der Waals surface area contributed by atoms with Gasteiger partial charge in [-0.05, 0) is 31.2 Å². The van der Waals surface area contributed by atoms with Gasteiger partial charge in [0.05, 0.1) is 46.2 Å². The summed E-state index contributed by atoms with van der Waals surface area (Å²) >= 11 is 1.51. The summed E-state index contributed by atoms with van der Waals surface area (Å²) in [6, 6.07) is 9.96. The molecule has 2 aliphatic rings. The maximum absolute atomic E-state index is 13.5. The van der Waals surface area contributed by atoms with Crippen LogP contribution in [0.15, 0.2) is 59.5 Å². The zero-order valence-electron chi connectivity index (χ0n) is 20.6. The Morgan fingerprint density at radius 3 is 2.65 bits per heavy atom. The molecule has 1 aliphatic heterocycles. The third kappa shape index (κ3) is 4.59. The van der Waals surface area contributed by atoms with E-state index in [1.165, 1.54) is 22.2 Å². The molecule has 0 spiro atoms. The first-order valence-corrected chi connectivity index (χ1v) is 13.8. The van der Waals surface area contributed by atoms with E-state index in [4.69, 9.17) is 0 Å². The quantitative estimate of drug-likeness (QED) is 0.434. The highest BCUT2D eigenvalue weighted by molar-refractivity contribution is 7.15. The predicted octanol–water partition coefficient (Wildman–Crippen LogP) is 3.50. The highest BCUT2D eigenvalue weighted by Crippen LogP contribution is 2.36. The molecule has 3 aromatic heterocycles. The molecule has 10 heteroatoms. The van der Waals surface area contributed by atoms with Gasteiger partial charge in [-0.1, -0.05) is 43.2 Å². The van der Waals surface area contributed by atoms with Crippen molar-refractivity contribution in [2.24, 2.45) is 5.92 Å². The summed E-state index contributed by atoms with van der Waals surface area (Å²) in [6.07, 6.45) is 9.48. The molecule has 1 amide bonds. The summed E-state index contributed by atoms with van der Waals surface area (Å²) in [5.41, 5.74) is 0.519. The molecule has 0 bridgehead atoms. The molecular weight excluding hydrogens is 488 g/mol. The summed E-state index contributed by atoms with van der Waals surface area (Å²) in [5, 5.41) is 18.1. The van der Waals surface area contributed by atoms with Crippen molar-refractivity contribution in [3.8, 4) is 10.4 Å². The molecule has 2 fully saturated rings. The third-order valence-electron chi connectivity index (χ3n) is 7.91. The first kappa shape index (κ1) is 24.0. The topological polar surface area (TPSA) is 106 Å². The molecule has 1 aliphatic carbocycles. The average molecular weight is 519 g/mol. The summed E-state index contributed by atoms with van der Waals surface area (Å²) in [6.45, 7) is 1.10. The lowest BCUT2D eigenvalue weighted by Gasteiger charge is -2.41. The Bertz CT molecular complexity index is 1440. The number of aromatic nitrogens is 5. The standard InChI is InChI=1S/C27H30N6O3S/c34-25(20-8-4-5-9-22(20)33-17-28-16-30-33)31-12-10-27(36,11-13-31)15-32-18-29-23-21(26(32)35)14-37-24(23)19-6-2-1-3-7-19/h1-3,6-7,14,16-18,20,22,36H,4-5,8-13,15H2/t20-,22+/m0/s1. The molecule has 9 nitrogen and oxygen atoms in total. The second-order valence-corrected chi connectivity index (χ2v) is 11.1. The number of likely N-dealkylation sites (tertiary alicyclic amines) is 1. The number of hydrogen-bond acceptors (Lipinski definition) is 7. The van der Waals surface area contributed by atoms with Gasteiger partial charge in [-0.15, -0.1) is 11.3 Å². The summed E-state index contributed by atoms with van der Waals surface area (Å²) in [5.74, 6) is 0.0162. The number of thiophene rings is 1. The van der Waals surface area contributed by atoms with E-state index < -0.39 is 5.60 Å². The van der Waals surface area contributed by atoms with Crippen LogP contribution in [0.25, 0.3) is 21.3 Å². The van der Waals surface area contributed by atoms with Crippen LogP contribution in [0, 0.1) is 5.92 Å². The van der Waals surface area contributed by atoms with E-state index in [2.05, 4.69) is 15.1 Å². The van der Waals surface area contributed by atoms with Gasteiger partial charge in [0, 0.05) is 18.5 Å². The van der Waals surface area contributed by atoms with Gasteiger partial charge >= 0.3 is 0 Å². The van der Waals surface area contributed by atoms with Crippen LogP contribution in [0.4, 0.5) is 0 Å². The Morgan fingerprint density at radius 2 is 1.89 bits per heavy atom. The van der Waals surface area contributed by atoms with Gasteiger partial charge in [0.15, 0.2) is 0 Å². The van der Waals surface area contributed by atoms with Crippen molar-refractivity contribution in [2.45, 2.75) is 56.7 Å². The predicted molar refractivity (Wildman–Crippen MR) is 141 cm³/mol. The Morgan fingerprint density at radius 1 is 1.11 bits per heavy atom. The lowest BCUT2D eigenvalue weighted by atomic mass is 9.82. The number of hydrogen-bond donors (Lipinski definition) is 1. The van der Waals surface area contributed by atoms with Crippen molar-refractivity contribution in [1.82, 2.24) is 29.2 Å². The minimum absolute atomic E-state index is 0.0346. The molecule has 2 atom stereocenters. The van der Waals surface area contributed by atoms with Gasteiger partial charge in [-0.3, -0.25) is 14.2 Å². The van der Waals surface area contributed by atoms with Gasteiger partial charge in [0.1, 0.15) is 12.7 Å². The van der Waals surface area contributed by atoms with Gasteiger partial charge in [0.2, 0.25) is 5.91 Å². The van der Waals surface area contributed by atoms with Crippen molar-refractivity contribution in [1.29, 1.82) is 0 Å². The van der Waals surface area contributed by atoms with Crippen molar-refractivity contribution in [3.63, 3.8) is 0 Å². The van der Waals surface area contributed by atoms with E-state index in [0.717, 1.165) is 36.1 Å². The van der Waals surface area contributed by atoms with Crippen molar-refractivity contribution < 1.29 is 9.90 Å². The minimum atomic E-state index is -1.06. The molecule has 1 aromatic carbocycles. The van der Waals surface area contributed by atoms with E-state index in [1.807, 2.05) is 45.3 Å². The van der Waals surface area contributed by atoms with Crippen LogP contribution in [-0.4, -0.2) is 58.9 Å². The lowest BCUT2D eigenvalue weighted by molar-refractivity contribution is -0.143. The summed E-state index contributed by atoms with van der Waals surface area (Å²) in [4.78, 5) is 38.2. The fourth-order valence-electron chi connectivity index (χ4n) is 5.83. The SMILES string of the molecule is O=C([C@H]1CCCC[C@H]1n1cncn1)N1CCC(O)(Cn2cnc3c(-c4ccccc4)scc3c2=O)CC1. The second-order valence-electron chi connectivity index (χ2n) is 10.3. The normalized spacial score (nSPS) is 21.8. The smallest absolute Gasteiger partial charge is 0.262 e. The lowest BCUT2D eigenvalue weighted by Crippen LogP contribution is -2.51. The van der Waals surface area contributed by atoms with E-state index in [0.29, 0.717) is 36.8 Å². The number of fused-ring (bicyclic) bond motifs is 1. The number of carbonyl (C=O) groups excluding carboxylic acids is 1. The molecular formula is C27H30N6O3S. The number of amides is 1. The van der Waals surface area contributed by atoms with Crippen molar-refractivity contribution >= 4 is 28.1 Å². The Labute approximate surface area is 218 Å². The molecule has 37 heavy (non-hydrogen) atoms. The molecule has 192 valence electrons. The highest BCUT2D eigenvalue weighted by Gasteiger charge is 2.40. The summed E-state index contributed by atoms with van der Waals surface area (Å²) < 4.78 is 3.34. The Balaban J connectivity index is 1.15. The molecule has 1 N–H and O–H groups in total. The number of piperidine rings is 1. The van der Waals surface area contributed by atoms with Crippen molar-refractivity contribution in [2.75, 3.05) is 13.1 Å². The number of benzene rings is 1. The maximum atomic E-state index is 13.5. The molecule has 4 heterocycles. The minimum Gasteiger partial charge on any atom is -0.388 e. The third-order valence-corrected chi connectivity index (χ3v) is 8.93. The van der Waals surface area contributed by atoms with Gasteiger partial charge in [-0.2, -0.15) is 5.10 Å². The van der Waals surface area contributed by atoms with Crippen LogP contribution in [0.5, 0.6) is 0 Å². The number of rotatable bonds is 5. The van der Waals surface area contributed by atoms with E-state index >= 15 is 0 Å². The van der Waals surface area contributed by atoms with Crippen LogP contribution in [0.3, 0.4) is 0 Å². The molecule has 4 aromatic rings. The largest absolute Gasteiger partial charge is 0.388 e. The fourth-order valence-corrected chi connectivity index (χ4v) is 6.83. The maximum Gasteiger partial charge on any atom is 0.262 e. The molecule has 0 radical (unpaired) electrons. The first-order valence-electron chi connectivity index (χ1n) is 12.9. The van der Waals surface area contributed by atoms with Crippen LogP contribution >= 0.6 is 11.3 Å². The molecule has 0 unspecified atom stereocenters. The zero-order valence-corrected chi connectivity index (χ0v) is 21.4. The van der Waals surface area contributed by atoms with E-state index in [9.17, 15) is 14.7 Å². The Hall–Kier alpha value is -3.37. The van der Waals surface area contributed by atoms with Gasteiger partial charge in [-0.25, -0.2) is 14.6 Å². The zero-order chi connectivity index (χ0) is 25.4. The number of carbonyl (C=O) groups is 1. The van der Waals surface area contributed by atoms with E-state index in [1.54, 1.807) is 12.7 Å². The number of nitrogens with zero attached hydrogens (tertiary/aromatic N) is 6. The first-order chi connectivity index (χ1) is 18.0. The molecule has 1 saturated heterocycles. The van der Waals surface area contributed by atoms with Crippen LogP contribution in [0.1, 0.15) is 44.6 Å². The van der Waals surface area contributed by atoms with E-state index in [-0.39, 0.29) is 30.0 Å². The highest BCUT2D eigenvalue weighted by atomic mass is 32.1. The monoisotopic (exact) mass is 518 g/mol. The van der Waals surface area contributed by atoms with Crippen LogP contribution < -0.4 is 5.56 Å². The van der Waals surface area contributed by atoms with Gasteiger partial charge in [0.25, 0.3) is 5.56 Å². The van der Waals surface area contributed by atoms with Gasteiger partial charge < -0.3 is 10.0 Å². The molecule has 6 rings (SSSR count). The fraction of sp³-hybridized carbons (Fsp3) is 0.444. The molecule has 1 saturated carbocycles. The average Bonchev–Trinajstić information content (AvgIpc) is 3.62.